The van der Waals surface area contributed by atoms with Crippen molar-refractivity contribution in [2.45, 2.75) is 20.3 Å². The van der Waals surface area contributed by atoms with Gasteiger partial charge in [0.2, 0.25) is 5.91 Å². The first-order valence-corrected chi connectivity index (χ1v) is 5.78. The van der Waals surface area contributed by atoms with Gasteiger partial charge >= 0.3 is 0 Å². The number of anilines is 1. The summed E-state index contributed by atoms with van der Waals surface area (Å²) in [4.78, 5) is 12.1. The molecular weight excluding hydrogens is 258 g/mol. The Hall–Kier alpha value is -1.56. The molecule has 0 aliphatic rings. The van der Waals surface area contributed by atoms with Crippen molar-refractivity contribution in [1.29, 1.82) is 0 Å². The zero-order valence-electron chi connectivity index (χ0n) is 10.1. The molecule has 0 saturated carbocycles. The molecule has 1 aromatic carbocycles. The Morgan fingerprint density at radius 3 is 2.50 bits per heavy atom. The number of carbonyl (C=O) groups excluding carboxylic acids is 1. The third-order valence-corrected chi connectivity index (χ3v) is 3.38. The molecule has 0 heterocycles. The highest BCUT2D eigenvalue weighted by atomic mass is 32.1. The normalized spacial score (nSPS) is 13.8. The van der Waals surface area contributed by atoms with Gasteiger partial charge in [0.1, 0.15) is 0 Å². The highest BCUT2D eigenvalue weighted by Crippen LogP contribution is 2.24. The van der Waals surface area contributed by atoms with Crippen molar-refractivity contribution in [3.63, 3.8) is 0 Å². The van der Waals surface area contributed by atoms with Crippen LogP contribution in [0.3, 0.4) is 0 Å². The van der Waals surface area contributed by atoms with Gasteiger partial charge in [-0.2, -0.15) is 0 Å². The van der Waals surface area contributed by atoms with E-state index in [-0.39, 0.29) is 10.7 Å². The Bertz CT molecular complexity index is 493. The lowest BCUT2D eigenvalue weighted by atomic mass is 9.86. The number of amides is 1. The summed E-state index contributed by atoms with van der Waals surface area (Å²) in [5, 5.41) is 2.47. The van der Waals surface area contributed by atoms with Gasteiger partial charge in [-0.1, -0.05) is 19.1 Å². The lowest BCUT2D eigenvalue weighted by Gasteiger charge is -2.25. The Kier molecular flexibility index (Phi) is 4.34. The molecule has 18 heavy (non-hydrogen) atoms. The first kappa shape index (κ1) is 14.5. The number of nitrogens with one attached hydrogen (secondary N) is 1. The number of hydrogen-bond donors (Lipinski definition) is 2. The number of rotatable bonds is 4. The van der Waals surface area contributed by atoms with E-state index in [9.17, 15) is 13.6 Å². The van der Waals surface area contributed by atoms with E-state index < -0.39 is 23.0 Å². The van der Waals surface area contributed by atoms with Gasteiger partial charge in [0.05, 0.1) is 10.4 Å². The summed E-state index contributed by atoms with van der Waals surface area (Å²) in [5.74, 6) is -2.44. The number of thiocarbonyl (C=S) groups is 1. The van der Waals surface area contributed by atoms with Crippen LogP contribution in [0.5, 0.6) is 0 Å². The van der Waals surface area contributed by atoms with E-state index in [2.05, 4.69) is 5.32 Å². The summed E-state index contributed by atoms with van der Waals surface area (Å²) in [6.07, 6.45) is 0.415. The average molecular weight is 272 g/mol. The minimum absolute atomic E-state index is 0.0603. The predicted molar refractivity (Wildman–Crippen MR) is 70.2 cm³/mol. The highest BCUT2D eigenvalue weighted by Gasteiger charge is 2.34. The van der Waals surface area contributed by atoms with Gasteiger partial charge in [-0.15, -0.1) is 0 Å². The van der Waals surface area contributed by atoms with Gasteiger partial charge in [-0.25, -0.2) is 8.78 Å². The van der Waals surface area contributed by atoms with Gasteiger partial charge < -0.3 is 11.1 Å². The van der Waals surface area contributed by atoms with E-state index >= 15 is 0 Å². The molecular formula is C12H14F2N2OS. The molecule has 0 radical (unpaired) electrons. The van der Waals surface area contributed by atoms with Crippen LogP contribution < -0.4 is 11.1 Å². The molecule has 1 aromatic rings. The largest absolute Gasteiger partial charge is 0.392 e. The standard InChI is InChI=1S/C12H14F2N2OS/c1-3-12(2,10(15)18)11(17)16-7-4-5-8(13)9(14)6-7/h4-6H,3H2,1-2H3,(H2,15,18)(H,16,17). The molecule has 6 heteroatoms. The average Bonchev–Trinajstić information content (AvgIpc) is 2.32. The number of halogens is 2. The maximum atomic E-state index is 13.0. The van der Waals surface area contributed by atoms with Crippen LogP contribution in [-0.4, -0.2) is 10.9 Å². The van der Waals surface area contributed by atoms with Gasteiger partial charge in [0.25, 0.3) is 0 Å². The van der Waals surface area contributed by atoms with Crippen LogP contribution in [0.15, 0.2) is 18.2 Å². The van der Waals surface area contributed by atoms with E-state index in [0.29, 0.717) is 6.42 Å². The predicted octanol–water partition coefficient (Wildman–Crippen LogP) is 2.61. The van der Waals surface area contributed by atoms with Crippen LogP contribution >= 0.6 is 12.2 Å². The topological polar surface area (TPSA) is 55.1 Å². The van der Waals surface area contributed by atoms with Crippen molar-refractivity contribution in [2.75, 3.05) is 5.32 Å². The molecule has 0 aromatic heterocycles. The number of carbonyl (C=O) groups is 1. The summed E-state index contributed by atoms with van der Waals surface area (Å²) in [5.41, 5.74) is 4.67. The van der Waals surface area contributed by atoms with E-state index in [1.807, 2.05) is 0 Å². The van der Waals surface area contributed by atoms with E-state index in [1.54, 1.807) is 13.8 Å². The fourth-order valence-corrected chi connectivity index (χ4v) is 1.53. The quantitative estimate of drug-likeness (QED) is 0.828. The van der Waals surface area contributed by atoms with Crippen LogP contribution in [0.25, 0.3) is 0 Å². The van der Waals surface area contributed by atoms with Crippen LogP contribution in [0, 0.1) is 17.0 Å². The molecule has 0 aliphatic carbocycles. The smallest absolute Gasteiger partial charge is 0.237 e. The molecule has 0 bridgehead atoms. The second kappa shape index (κ2) is 5.39. The van der Waals surface area contributed by atoms with Crippen LogP contribution in [0.1, 0.15) is 20.3 Å². The number of benzene rings is 1. The number of hydrogen-bond acceptors (Lipinski definition) is 2. The van der Waals surface area contributed by atoms with Gasteiger partial charge in [-0.3, -0.25) is 4.79 Å². The molecule has 0 spiro atoms. The molecule has 1 atom stereocenters. The molecule has 1 unspecified atom stereocenters. The fourth-order valence-electron chi connectivity index (χ4n) is 1.29. The Labute approximate surface area is 109 Å². The van der Waals surface area contributed by atoms with Crippen molar-refractivity contribution in [3.8, 4) is 0 Å². The lowest BCUT2D eigenvalue weighted by molar-refractivity contribution is -0.121. The minimum atomic E-state index is -1.03. The van der Waals surface area contributed by atoms with Crippen LogP contribution in [-0.2, 0) is 4.79 Å². The maximum Gasteiger partial charge on any atom is 0.237 e. The molecule has 0 aliphatic heterocycles. The van der Waals surface area contributed by atoms with Crippen LogP contribution in [0.2, 0.25) is 0 Å². The minimum Gasteiger partial charge on any atom is -0.392 e. The molecule has 3 N–H and O–H groups in total. The van der Waals surface area contributed by atoms with E-state index in [4.69, 9.17) is 18.0 Å². The molecule has 1 rings (SSSR count). The number of nitrogens with two attached hydrogens (primary N) is 1. The second-order valence-electron chi connectivity index (χ2n) is 4.13. The van der Waals surface area contributed by atoms with Crippen molar-refractivity contribution in [2.24, 2.45) is 11.1 Å². The zero-order chi connectivity index (χ0) is 13.9. The fraction of sp³-hybridized carbons (Fsp3) is 0.333. The monoisotopic (exact) mass is 272 g/mol. The SMILES string of the molecule is CCC(C)(C(=O)Nc1ccc(F)c(F)c1)C(N)=S. The summed E-state index contributed by atoms with van der Waals surface area (Å²) in [7, 11) is 0. The molecule has 3 nitrogen and oxygen atoms in total. The van der Waals surface area contributed by atoms with Crippen molar-refractivity contribution >= 4 is 28.8 Å². The highest BCUT2D eigenvalue weighted by molar-refractivity contribution is 7.80. The van der Waals surface area contributed by atoms with Gasteiger partial charge in [-0.05, 0) is 25.5 Å². The van der Waals surface area contributed by atoms with Crippen molar-refractivity contribution in [3.05, 3.63) is 29.8 Å². The van der Waals surface area contributed by atoms with Crippen molar-refractivity contribution < 1.29 is 13.6 Å². The third kappa shape index (κ3) is 2.81. The summed E-state index contributed by atoms with van der Waals surface area (Å²) >= 11 is 4.85. The first-order valence-electron chi connectivity index (χ1n) is 5.37. The van der Waals surface area contributed by atoms with E-state index in [1.165, 1.54) is 6.07 Å². The second-order valence-corrected chi connectivity index (χ2v) is 4.57. The van der Waals surface area contributed by atoms with Gasteiger partial charge in [0.15, 0.2) is 11.6 Å². The maximum absolute atomic E-state index is 13.0. The molecule has 0 fully saturated rings. The Morgan fingerprint density at radius 2 is 2.06 bits per heavy atom. The Balaban J connectivity index is 2.93. The van der Waals surface area contributed by atoms with E-state index in [0.717, 1.165) is 12.1 Å². The summed E-state index contributed by atoms with van der Waals surface area (Å²) < 4.78 is 25.7. The first-order chi connectivity index (χ1) is 8.31. The lowest BCUT2D eigenvalue weighted by Crippen LogP contribution is -2.43. The molecule has 0 saturated heterocycles. The third-order valence-electron chi connectivity index (χ3n) is 2.93. The Morgan fingerprint density at radius 1 is 1.44 bits per heavy atom. The van der Waals surface area contributed by atoms with Crippen LogP contribution in [0.4, 0.5) is 14.5 Å². The van der Waals surface area contributed by atoms with Crippen molar-refractivity contribution in [1.82, 2.24) is 0 Å². The zero-order valence-corrected chi connectivity index (χ0v) is 10.9. The van der Waals surface area contributed by atoms with Gasteiger partial charge in [0, 0.05) is 11.8 Å². The molecule has 98 valence electrons. The molecule has 1 amide bonds. The summed E-state index contributed by atoms with van der Waals surface area (Å²) in [6, 6.07) is 3.11. The summed E-state index contributed by atoms with van der Waals surface area (Å²) in [6.45, 7) is 3.37.